The van der Waals surface area contributed by atoms with Gasteiger partial charge in [0.1, 0.15) is 4.90 Å². The first-order valence-electron chi connectivity index (χ1n) is 5.38. The van der Waals surface area contributed by atoms with Crippen LogP contribution in [-0.2, 0) is 10.0 Å². The van der Waals surface area contributed by atoms with Crippen molar-refractivity contribution >= 4 is 15.7 Å². The molecule has 0 amide bonds. The molecule has 88 valence electrons. The van der Waals surface area contributed by atoms with Crippen LogP contribution in [0.15, 0.2) is 29.2 Å². The largest absolute Gasteiger partial charge is 0.367 e. The summed E-state index contributed by atoms with van der Waals surface area (Å²) < 4.78 is 26.4. The number of hydrogen-bond donors (Lipinski definition) is 1. The Balaban J connectivity index is 2.60. The Morgan fingerprint density at radius 3 is 2.69 bits per heavy atom. The summed E-state index contributed by atoms with van der Waals surface area (Å²) in [5.41, 5.74) is 0.794. The van der Waals surface area contributed by atoms with Gasteiger partial charge in [-0.1, -0.05) is 12.1 Å². The number of anilines is 1. The highest BCUT2D eigenvalue weighted by Crippen LogP contribution is 2.27. The van der Waals surface area contributed by atoms with E-state index in [0.29, 0.717) is 18.0 Å². The average molecular weight is 240 g/mol. The van der Waals surface area contributed by atoms with Crippen LogP contribution < -0.4 is 9.62 Å². The van der Waals surface area contributed by atoms with E-state index < -0.39 is 10.0 Å². The molecule has 0 radical (unpaired) electrons. The van der Waals surface area contributed by atoms with E-state index in [9.17, 15) is 8.42 Å². The molecule has 2 rings (SSSR count). The van der Waals surface area contributed by atoms with Gasteiger partial charge < -0.3 is 4.90 Å². The van der Waals surface area contributed by atoms with E-state index in [1.807, 2.05) is 12.1 Å². The summed E-state index contributed by atoms with van der Waals surface area (Å²) in [6, 6.07) is 7.42. The molecule has 0 atom stereocenters. The van der Waals surface area contributed by atoms with Crippen molar-refractivity contribution in [3.63, 3.8) is 0 Å². The predicted molar refractivity (Wildman–Crippen MR) is 64.1 cm³/mol. The second-order valence-electron chi connectivity index (χ2n) is 4.15. The van der Waals surface area contributed by atoms with Crippen molar-refractivity contribution < 1.29 is 8.42 Å². The van der Waals surface area contributed by atoms with Gasteiger partial charge in [0.2, 0.25) is 10.0 Å². The van der Waals surface area contributed by atoms with Crippen molar-refractivity contribution in [3.8, 4) is 0 Å². The van der Waals surface area contributed by atoms with Crippen LogP contribution in [0.3, 0.4) is 0 Å². The first-order chi connectivity index (χ1) is 7.52. The van der Waals surface area contributed by atoms with Crippen molar-refractivity contribution in [2.75, 3.05) is 18.0 Å². The number of sulfonamides is 1. The third-order valence-corrected chi connectivity index (χ3v) is 4.24. The zero-order valence-electron chi connectivity index (χ0n) is 9.47. The predicted octanol–water partition coefficient (Wildman–Crippen LogP) is 1.19. The lowest BCUT2D eigenvalue weighted by Crippen LogP contribution is -2.34. The van der Waals surface area contributed by atoms with E-state index in [1.165, 1.54) is 0 Å². The van der Waals surface area contributed by atoms with Gasteiger partial charge in [-0.2, -0.15) is 0 Å². The molecule has 1 aromatic carbocycles. The maximum atomic E-state index is 11.9. The van der Waals surface area contributed by atoms with Gasteiger partial charge in [-0.15, -0.1) is 0 Å². The molecule has 1 N–H and O–H groups in total. The van der Waals surface area contributed by atoms with Crippen LogP contribution in [0.4, 0.5) is 5.69 Å². The summed E-state index contributed by atoms with van der Waals surface area (Å²) in [5, 5.41) is 0. The molecule has 0 saturated carbocycles. The van der Waals surface area contributed by atoms with Crippen molar-refractivity contribution in [1.82, 2.24) is 4.72 Å². The molecule has 4 nitrogen and oxygen atoms in total. The summed E-state index contributed by atoms with van der Waals surface area (Å²) in [6.45, 7) is 5.28. The van der Waals surface area contributed by atoms with Crippen LogP contribution in [0.2, 0.25) is 0 Å². The summed E-state index contributed by atoms with van der Waals surface area (Å²) in [5.74, 6) is 0. The Bertz CT molecular complexity index is 483. The van der Waals surface area contributed by atoms with Gasteiger partial charge in [0.25, 0.3) is 0 Å². The standard InChI is InChI=1S/C11H16N2O2S/c1-9(2)13-8-7-12-16(14,15)11-6-4-3-5-10(11)13/h3-6,9,12H,7-8H2,1-2H3. The number of nitrogens with one attached hydrogen (secondary N) is 1. The SMILES string of the molecule is CC(C)N1CCNS(=O)(=O)c2ccccc21. The van der Waals surface area contributed by atoms with Gasteiger partial charge >= 0.3 is 0 Å². The lowest BCUT2D eigenvalue weighted by Gasteiger charge is -2.27. The molecule has 1 aliphatic heterocycles. The fraction of sp³-hybridized carbons (Fsp3) is 0.455. The maximum absolute atomic E-state index is 11.9. The van der Waals surface area contributed by atoms with E-state index in [1.54, 1.807) is 12.1 Å². The van der Waals surface area contributed by atoms with Gasteiger partial charge in [0.15, 0.2) is 0 Å². The molecular formula is C11H16N2O2S. The van der Waals surface area contributed by atoms with Crippen LogP contribution in [-0.4, -0.2) is 27.5 Å². The van der Waals surface area contributed by atoms with Crippen LogP contribution in [0, 0.1) is 0 Å². The monoisotopic (exact) mass is 240 g/mol. The van der Waals surface area contributed by atoms with Gasteiger partial charge in [0, 0.05) is 19.1 Å². The van der Waals surface area contributed by atoms with Crippen molar-refractivity contribution in [1.29, 1.82) is 0 Å². The van der Waals surface area contributed by atoms with Gasteiger partial charge in [-0.25, -0.2) is 13.1 Å². The summed E-state index contributed by atoms with van der Waals surface area (Å²) >= 11 is 0. The third-order valence-electron chi connectivity index (χ3n) is 2.73. The second kappa shape index (κ2) is 4.07. The highest BCUT2D eigenvalue weighted by Gasteiger charge is 2.25. The molecule has 0 fully saturated rings. The molecule has 1 heterocycles. The van der Waals surface area contributed by atoms with E-state index in [-0.39, 0.29) is 6.04 Å². The minimum atomic E-state index is -3.34. The first-order valence-corrected chi connectivity index (χ1v) is 6.86. The minimum absolute atomic E-state index is 0.288. The normalized spacial score (nSPS) is 19.3. The van der Waals surface area contributed by atoms with Crippen LogP contribution >= 0.6 is 0 Å². The number of fused-ring (bicyclic) bond motifs is 1. The molecule has 0 unspecified atom stereocenters. The Labute approximate surface area is 96.3 Å². The Kier molecular flexibility index (Phi) is 2.90. The molecule has 5 heteroatoms. The van der Waals surface area contributed by atoms with Crippen LogP contribution in [0.1, 0.15) is 13.8 Å². The molecule has 1 aliphatic rings. The van der Waals surface area contributed by atoms with Gasteiger partial charge in [0.05, 0.1) is 5.69 Å². The fourth-order valence-electron chi connectivity index (χ4n) is 1.96. The molecule has 0 saturated heterocycles. The maximum Gasteiger partial charge on any atom is 0.242 e. The topological polar surface area (TPSA) is 49.4 Å². The quantitative estimate of drug-likeness (QED) is 0.802. The second-order valence-corrected chi connectivity index (χ2v) is 5.89. The van der Waals surface area contributed by atoms with Crippen LogP contribution in [0.5, 0.6) is 0 Å². The molecule has 0 aliphatic carbocycles. The van der Waals surface area contributed by atoms with Crippen molar-refractivity contribution in [2.24, 2.45) is 0 Å². The van der Waals surface area contributed by atoms with E-state index in [4.69, 9.17) is 0 Å². The lowest BCUT2D eigenvalue weighted by molar-refractivity contribution is 0.584. The molecule has 0 spiro atoms. The smallest absolute Gasteiger partial charge is 0.242 e. The molecule has 0 aromatic heterocycles. The zero-order chi connectivity index (χ0) is 11.8. The van der Waals surface area contributed by atoms with E-state index in [2.05, 4.69) is 23.5 Å². The molecule has 1 aromatic rings. The number of benzene rings is 1. The molecular weight excluding hydrogens is 224 g/mol. The fourth-order valence-corrected chi connectivity index (χ4v) is 3.19. The van der Waals surface area contributed by atoms with E-state index >= 15 is 0 Å². The Hall–Kier alpha value is -1.07. The Morgan fingerprint density at radius 1 is 1.31 bits per heavy atom. The number of hydrogen-bond acceptors (Lipinski definition) is 3. The Morgan fingerprint density at radius 2 is 2.00 bits per heavy atom. The summed E-state index contributed by atoms with van der Waals surface area (Å²) in [6.07, 6.45) is 0. The number of rotatable bonds is 1. The zero-order valence-corrected chi connectivity index (χ0v) is 10.3. The van der Waals surface area contributed by atoms with Gasteiger partial charge in [-0.05, 0) is 26.0 Å². The summed E-state index contributed by atoms with van der Waals surface area (Å²) in [4.78, 5) is 2.48. The molecule has 0 bridgehead atoms. The number of para-hydroxylation sites is 1. The van der Waals surface area contributed by atoms with Crippen LogP contribution in [0.25, 0.3) is 0 Å². The molecule has 16 heavy (non-hydrogen) atoms. The summed E-state index contributed by atoms with van der Waals surface area (Å²) in [7, 11) is -3.34. The average Bonchev–Trinajstić information content (AvgIpc) is 2.36. The lowest BCUT2D eigenvalue weighted by atomic mass is 10.2. The highest BCUT2D eigenvalue weighted by molar-refractivity contribution is 7.89. The minimum Gasteiger partial charge on any atom is -0.367 e. The third kappa shape index (κ3) is 1.92. The highest BCUT2D eigenvalue weighted by atomic mass is 32.2. The van der Waals surface area contributed by atoms with Gasteiger partial charge in [-0.3, -0.25) is 0 Å². The number of nitrogens with zero attached hydrogens (tertiary/aromatic N) is 1. The first kappa shape index (κ1) is 11.4. The van der Waals surface area contributed by atoms with Crippen molar-refractivity contribution in [3.05, 3.63) is 24.3 Å². The van der Waals surface area contributed by atoms with E-state index in [0.717, 1.165) is 5.69 Å². The van der Waals surface area contributed by atoms with Crippen molar-refractivity contribution in [2.45, 2.75) is 24.8 Å².